The van der Waals surface area contributed by atoms with Gasteiger partial charge in [-0.25, -0.2) is 0 Å². The first-order chi connectivity index (χ1) is 9.72. The van der Waals surface area contributed by atoms with Crippen LogP contribution >= 0.6 is 15.9 Å². The number of anilines is 1. The number of halogens is 1. The molecule has 2 aromatic rings. The van der Waals surface area contributed by atoms with E-state index in [4.69, 9.17) is 0 Å². The van der Waals surface area contributed by atoms with Crippen molar-refractivity contribution in [2.45, 2.75) is 13.0 Å². The number of amides is 1. The Hall–Kier alpha value is -1.81. The molecule has 1 amide bonds. The highest BCUT2D eigenvalue weighted by Crippen LogP contribution is 2.23. The summed E-state index contributed by atoms with van der Waals surface area (Å²) in [6.07, 6.45) is 1.04. The fraction of sp³-hybridized carbons (Fsp3) is 0.188. The molecule has 0 radical (unpaired) electrons. The van der Waals surface area contributed by atoms with E-state index in [9.17, 15) is 4.79 Å². The van der Waals surface area contributed by atoms with Gasteiger partial charge in [0.25, 0.3) is 5.91 Å². The molecule has 2 aromatic carbocycles. The lowest BCUT2D eigenvalue weighted by Crippen LogP contribution is -2.22. The number of nitrogens with one attached hydrogen (secondary N) is 2. The zero-order valence-electron chi connectivity index (χ0n) is 10.9. The van der Waals surface area contributed by atoms with Crippen LogP contribution in [0.25, 0.3) is 0 Å². The molecule has 3 rings (SSSR count). The maximum Gasteiger partial charge on any atom is 0.251 e. The fourth-order valence-electron chi connectivity index (χ4n) is 2.36. The maximum atomic E-state index is 12.2. The van der Waals surface area contributed by atoms with E-state index < -0.39 is 0 Å². The van der Waals surface area contributed by atoms with Crippen LogP contribution in [-0.4, -0.2) is 12.5 Å². The molecule has 0 bridgehead atoms. The van der Waals surface area contributed by atoms with Gasteiger partial charge in [-0.05, 0) is 41.8 Å². The summed E-state index contributed by atoms with van der Waals surface area (Å²) in [5, 5.41) is 6.24. The van der Waals surface area contributed by atoms with Gasteiger partial charge in [-0.3, -0.25) is 4.79 Å². The van der Waals surface area contributed by atoms with E-state index in [1.54, 1.807) is 0 Å². The van der Waals surface area contributed by atoms with E-state index in [2.05, 4.69) is 26.6 Å². The van der Waals surface area contributed by atoms with Crippen LogP contribution in [-0.2, 0) is 13.0 Å². The summed E-state index contributed by atoms with van der Waals surface area (Å²) in [5.41, 5.74) is 4.15. The average Bonchev–Trinajstić information content (AvgIpc) is 2.92. The number of carbonyl (C=O) groups excluding carboxylic acids is 1. The summed E-state index contributed by atoms with van der Waals surface area (Å²) in [6.45, 7) is 1.49. The largest absolute Gasteiger partial charge is 0.384 e. The standard InChI is InChI=1S/C16H15BrN2O/c17-14-3-1-2-11(8-14)10-19-16(20)13-5-4-12-6-7-18-15(12)9-13/h1-5,8-9,18H,6-7,10H2,(H,19,20). The van der Waals surface area contributed by atoms with Crippen molar-refractivity contribution in [2.75, 3.05) is 11.9 Å². The lowest BCUT2D eigenvalue weighted by atomic mass is 10.1. The summed E-state index contributed by atoms with van der Waals surface area (Å²) in [5.74, 6) is -0.0403. The van der Waals surface area contributed by atoms with Gasteiger partial charge in [0.2, 0.25) is 0 Å². The van der Waals surface area contributed by atoms with E-state index in [0.29, 0.717) is 12.1 Å². The molecule has 0 aromatic heterocycles. The van der Waals surface area contributed by atoms with Gasteiger partial charge in [0.05, 0.1) is 0 Å². The lowest BCUT2D eigenvalue weighted by Gasteiger charge is -2.07. The zero-order valence-corrected chi connectivity index (χ0v) is 12.5. The SMILES string of the molecule is O=C(NCc1cccc(Br)c1)c1ccc2c(c1)NCC2. The maximum absolute atomic E-state index is 12.2. The van der Waals surface area contributed by atoms with E-state index in [0.717, 1.165) is 28.7 Å². The van der Waals surface area contributed by atoms with Crippen molar-refractivity contribution >= 4 is 27.5 Å². The number of hydrogen-bond donors (Lipinski definition) is 2. The minimum atomic E-state index is -0.0403. The van der Waals surface area contributed by atoms with Gasteiger partial charge in [-0.1, -0.05) is 34.1 Å². The Morgan fingerprint density at radius 2 is 2.15 bits per heavy atom. The smallest absolute Gasteiger partial charge is 0.251 e. The van der Waals surface area contributed by atoms with Gasteiger partial charge in [0, 0.05) is 28.8 Å². The first-order valence-electron chi connectivity index (χ1n) is 6.62. The van der Waals surface area contributed by atoms with Crippen LogP contribution < -0.4 is 10.6 Å². The molecule has 0 atom stereocenters. The molecule has 1 aliphatic heterocycles. The molecule has 0 unspecified atom stereocenters. The second-order valence-corrected chi connectivity index (χ2v) is 5.78. The monoisotopic (exact) mass is 330 g/mol. The Morgan fingerprint density at radius 3 is 3.00 bits per heavy atom. The molecular weight excluding hydrogens is 316 g/mol. The predicted octanol–water partition coefficient (Wildman–Crippen LogP) is 3.35. The van der Waals surface area contributed by atoms with Gasteiger partial charge in [0.1, 0.15) is 0 Å². The first-order valence-corrected chi connectivity index (χ1v) is 7.41. The molecule has 0 fully saturated rings. The number of carbonyl (C=O) groups is 1. The zero-order chi connectivity index (χ0) is 13.9. The predicted molar refractivity (Wildman–Crippen MR) is 83.9 cm³/mol. The highest BCUT2D eigenvalue weighted by molar-refractivity contribution is 9.10. The summed E-state index contributed by atoms with van der Waals surface area (Å²) in [7, 11) is 0. The molecule has 2 N–H and O–H groups in total. The van der Waals surface area contributed by atoms with Gasteiger partial charge < -0.3 is 10.6 Å². The van der Waals surface area contributed by atoms with Crippen molar-refractivity contribution in [3.63, 3.8) is 0 Å². The molecule has 0 saturated carbocycles. The van der Waals surface area contributed by atoms with Crippen LogP contribution in [0, 0.1) is 0 Å². The number of rotatable bonds is 3. The minimum absolute atomic E-state index is 0.0403. The van der Waals surface area contributed by atoms with Crippen molar-refractivity contribution in [1.82, 2.24) is 5.32 Å². The minimum Gasteiger partial charge on any atom is -0.384 e. The Bertz CT molecular complexity index is 655. The molecule has 1 aliphatic rings. The van der Waals surface area contributed by atoms with Crippen LogP contribution in [0.4, 0.5) is 5.69 Å². The van der Waals surface area contributed by atoms with Crippen molar-refractivity contribution in [3.8, 4) is 0 Å². The molecule has 0 aliphatic carbocycles. The van der Waals surface area contributed by atoms with Gasteiger partial charge >= 0.3 is 0 Å². The second-order valence-electron chi connectivity index (χ2n) is 4.86. The Labute approximate surface area is 126 Å². The molecule has 0 spiro atoms. The highest BCUT2D eigenvalue weighted by atomic mass is 79.9. The molecule has 0 saturated heterocycles. The summed E-state index contributed by atoms with van der Waals surface area (Å²) in [4.78, 5) is 12.2. The number of benzene rings is 2. The number of fused-ring (bicyclic) bond motifs is 1. The second kappa shape index (κ2) is 5.67. The van der Waals surface area contributed by atoms with Crippen molar-refractivity contribution < 1.29 is 4.79 Å². The Kier molecular flexibility index (Phi) is 3.74. The van der Waals surface area contributed by atoms with Crippen LogP contribution in [0.3, 0.4) is 0 Å². The summed E-state index contributed by atoms with van der Waals surface area (Å²) < 4.78 is 1.02. The first kappa shape index (κ1) is 13.2. The van der Waals surface area contributed by atoms with Crippen molar-refractivity contribution in [3.05, 3.63) is 63.6 Å². The third-order valence-electron chi connectivity index (χ3n) is 3.42. The van der Waals surface area contributed by atoms with Crippen LogP contribution in [0.1, 0.15) is 21.5 Å². The normalized spacial score (nSPS) is 12.7. The van der Waals surface area contributed by atoms with Gasteiger partial charge in [-0.2, -0.15) is 0 Å². The Balaban J connectivity index is 1.67. The quantitative estimate of drug-likeness (QED) is 0.906. The van der Waals surface area contributed by atoms with Crippen LogP contribution in [0.2, 0.25) is 0 Å². The molecule has 102 valence electrons. The third kappa shape index (κ3) is 2.85. The highest BCUT2D eigenvalue weighted by Gasteiger charge is 2.13. The van der Waals surface area contributed by atoms with Crippen LogP contribution in [0.5, 0.6) is 0 Å². The Morgan fingerprint density at radius 1 is 1.25 bits per heavy atom. The summed E-state index contributed by atoms with van der Waals surface area (Å²) in [6, 6.07) is 13.8. The van der Waals surface area contributed by atoms with E-state index >= 15 is 0 Å². The lowest BCUT2D eigenvalue weighted by molar-refractivity contribution is 0.0951. The van der Waals surface area contributed by atoms with E-state index in [1.807, 2.05) is 42.5 Å². The molecule has 1 heterocycles. The van der Waals surface area contributed by atoms with Crippen molar-refractivity contribution in [2.24, 2.45) is 0 Å². The number of hydrogen-bond acceptors (Lipinski definition) is 2. The topological polar surface area (TPSA) is 41.1 Å². The molecule has 4 heteroatoms. The van der Waals surface area contributed by atoms with Gasteiger partial charge in [0.15, 0.2) is 0 Å². The third-order valence-corrected chi connectivity index (χ3v) is 3.92. The van der Waals surface area contributed by atoms with Gasteiger partial charge in [-0.15, -0.1) is 0 Å². The summed E-state index contributed by atoms with van der Waals surface area (Å²) >= 11 is 3.43. The molecule has 3 nitrogen and oxygen atoms in total. The van der Waals surface area contributed by atoms with Crippen LogP contribution in [0.15, 0.2) is 46.9 Å². The fourth-order valence-corrected chi connectivity index (χ4v) is 2.81. The molecule has 20 heavy (non-hydrogen) atoms. The average molecular weight is 331 g/mol. The molecular formula is C16H15BrN2O. The van der Waals surface area contributed by atoms with Crippen molar-refractivity contribution in [1.29, 1.82) is 0 Å². The van der Waals surface area contributed by atoms with E-state index in [1.165, 1.54) is 5.56 Å². The van der Waals surface area contributed by atoms with E-state index in [-0.39, 0.29) is 5.91 Å².